The second-order valence-corrected chi connectivity index (χ2v) is 3.46. The molecule has 0 atom stereocenters. The molecule has 0 aliphatic rings. The Morgan fingerprint density at radius 2 is 2.25 bits per heavy atom. The molecular weight excluding hydrogens is 204 g/mol. The summed E-state index contributed by atoms with van der Waals surface area (Å²) < 4.78 is 0. The Balaban J connectivity index is 2.91. The van der Waals surface area contributed by atoms with Crippen molar-refractivity contribution in [1.82, 2.24) is 9.97 Å². The summed E-state index contributed by atoms with van der Waals surface area (Å²) in [5, 5.41) is 17.6. The zero-order valence-corrected chi connectivity index (χ0v) is 9.64. The predicted molar refractivity (Wildman–Crippen MR) is 61.1 cm³/mol. The molecule has 0 saturated carbocycles. The van der Waals surface area contributed by atoms with Crippen molar-refractivity contribution in [1.29, 1.82) is 5.26 Å². The fourth-order valence-electron chi connectivity index (χ4n) is 1.41. The molecule has 0 radical (unpaired) electrons. The van der Waals surface area contributed by atoms with Gasteiger partial charge in [-0.25, -0.2) is 9.97 Å². The average molecular weight is 220 g/mol. The normalized spacial score (nSPS) is 9.88. The standard InChI is InChI=1S/C11H16N4O/c1-3-15(5-4-6-16)11-13-9(2)7-10(8-12)14-11/h7,16H,3-6H2,1-2H3. The summed E-state index contributed by atoms with van der Waals surface area (Å²) in [5.41, 5.74) is 1.16. The van der Waals surface area contributed by atoms with Gasteiger partial charge in [0.25, 0.3) is 0 Å². The molecule has 0 spiro atoms. The molecule has 0 fully saturated rings. The number of aliphatic hydroxyl groups excluding tert-OH is 1. The average Bonchev–Trinajstić information content (AvgIpc) is 2.29. The van der Waals surface area contributed by atoms with Crippen LogP contribution in [0.15, 0.2) is 6.07 Å². The zero-order valence-electron chi connectivity index (χ0n) is 9.64. The van der Waals surface area contributed by atoms with E-state index in [4.69, 9.17) is 10.4 Å². The molecule has 1 heterocycles. The summed E-state index contributed by atoms with van der Waals surface area (Å²) in [6.07, 6.45) is 0.674. The van der Waals surface area contributed by atoms with Crippen molar-refractivity contribution in [2.75, 3.05) is 24.6 Å². The molecule has 5 nitrogen and oxygen atoms in total. The van der Waals surface area contributed by atoms with Crippen molar-refractivity contribution >= 4 is 5.95 Å². The van der Waals surface area contributed by atoms with Gasteiger partial charge in [0.15, 0.2) is 0 Å². The van der Waals surface area contributed by atoms with Crippen LogP contribution >= 0.6 is 0 Å². The topological polar surface area (TPSA) is 73.0 Å². The summed E-state index contributed by atoms with van der Waals surface area (Å²) >= 11 is 0. The third-order valence-corrected chi connectivity index (χ3v) is 2.21. The van der Waals surface area contributed by atoms with Crippen LogP contribution in [0.25, 0.3) is 0 Å². The predicted octanol–water partition coefficient (Wildman–Crippen LogP) is 0.865. The van der Waals surface area contributed by atoms with Crippen LogP contribution in [0.5, 0.6) is 0 Å². The third-order valence-electron chi connectivity index (χ3n) is 2.21. The van der Waals surface area contributed by atoms with E-state index in [9.17, 15) is 0 Å². The second kappa shape index (κ2) is 6.03. The van der Waals surface area contributed by atoms with Gasteiger partial charge in [0, 0.05) is 25.4 Å². The van der Waals surface area contributed by atoms with Crippen LogP contribution in [0.1, 0.15) is 24.7 Å². The Morgan fingerprint density at radius 3 is 2.81 bits per heavy atom. The molecule has 1 aromatic heterocycles. The first-order valence-corrected chi connectivity index (χ1v) is 5.32. The first-order valence-electron chi connectivity index (χ1n) is 5.32. The van der Waals surface area contributed by atoms with Crippen LogP contribution in [-0.4, -0.2) is 34.8 Å². The molecule has 0 amide bonds. The Hall–Kier alpha value is -1.67. The highest BCUT2D eigenvalue weighted by atomic mass is 16.3. The molecule has 0 unspecified atom stereocenters. The monoisotopic (exact) mass is 220 g/mol. The first kappa shape index (κ1) is 12.4. The Labute approximate surface area is 95.4 Å². The van der Waals surface area contributed by atoms with Gasteiger partial charge in [0.05, 0.1) is 0 Å². The van der Waals surface area contributed by atoms with E-state index in [0.29, 0.717) is 24.6 Å². The maximum absolute atomic E-state index is 8.82. The Bertz CT molecular complexity index is 386. The van der Waals surface area contributed by atoms with E-state index in [1.807, 2.05) is 24.8 Å². The van der Waals surface area contributed by atoms with Crippen molar-refractivity contribution in [3.05, 3.63) is 17.5 Å². The summed E-state index contributed by atoms with van der Waals surface area (Å²) in [6.45, 7) is 5.43. The highest BCUT2D eigenvalue weighted by molar-refractivity contribution is 5.35. The molecule has 0 saturated heterocycles. The van der Waals surface area contributed by atoms with Gasteiger partial charge in [-0.3, -0.25) is 0 Å². The van der Waals surface area contributed by atoms with Crippen LogP contribution in [0.3, 0.4) is 0 Å². The van der Waals surface area contributed by atoms with Gasteiger partial charge in [0.1, 0.15) is 11.8 Å². The highest BCUT2D eigenvalue weighted by Crippen LogP contribution is 2.10. The Kier molecular flexibility index (Phi) is 4.67. The van der Waals surface area contributed by atoms with Crippen LogP contribution in [0.2, 0.25) is 0 Å². The first-order chi connectivity index (χ1) is 7.71. The van der Waals surface area contributed by atoms with E-state index in [1.54, 1.807) is 6.07 Å². The number of anilines is 1. The second-order valence-electron chi connectivity index (χ2n) is 3.46. The van der Waals surface area contributed by atoms with Crippen molar-refractivity contribution in [2.45, 2.75) is 20.3 Å². The molecule has 0 bridgehead atoms. The molecule has 0 aromatic carbocycles. The molecular formula is C11H16N4O. The van der Waals surface area contributed by atoms with E-state index in [2.05, 4.69) is 9.97 Å². The number of hydrogen-bond acceptors (Lipinski definition) is 5. The van der Waals surface area contributed by atoms with Crippen molar-refractivity contribution in [3.63, 3.8) is 0 Å². The molecule has 5 heteroatoms. The highest BCUT2D eigenvalue weighted by Gasteiger charge is 2.09. The quantitative estimate of drug-likeness (QED) is 0.797. The van der Waals surface area contributed by atoms with Crippen LogP contribution in [0.4, 0.5) is 5.95 Å². The Morgan fingerprint density at radius 1 is 1.50 bits per heavy atom. The molecule has 0 aliphatic carbocycles. The lowest BCUT2D eigenvalue weighted by Crippen LogP contribution is -2.27. The van der Waals surface area contributed by atoms with Crippen LogP contribution in [-0.2, 0) is 0 Å². The lowest BCUT2D eigenvalue weighted by atomic mass is 10.3. The number of aliphatic hydroxyl groups is 1. The minimum absolute atomic E-state index is 0.146. The van der Waals surface area contributed by atoms with E-state index >= 15 is 0 Å². The van der Waals surface area contributed by atoms with Gasteiger partial charge >= 0.3 is 0 Å². The smallest absolute Gasteiger partial charge is 0.226 e. The van der Waals surface area contributed by atoms with Crippen molar-refractivity contribution in [3.8, 4) is 6.07 Å². The van der Waals surface area contributed by atoms with Gasteiger partial charge in [-0.1, -0.05) is 0 Å². The summed E-state index contributed by atoms with van der Waals surface area (Å²) in [7, 11) is 0. The molecule has 0 aliphatic heterocycles. The zero-order chi connectivity index (χ0) is 12.0. The fraction of sp³-hybridized carbons (Fsp3) is 0.545. The van der Waals surface area contributed by atoms with Crippen molar-refractivity contribution < 1.29 is 5.11 Å². The summed E-state index contributed by atoms with van der Waals surface area (Å²) in [6, 6.07) is 3.67. The largest absolute Gasteiger partial charge is 0.396 e. The van der Waals surface area contributed by atoms with Crippen LogP contribution in [0, 0.1) is 18.3 Å². The van der Waals surface area contributed by atoms with Gasteiger partial charge in [0.2, 0.25) is 5.95 Å². The van der Waals surface area contributed by atoms with E-state index in [-0.39, 0.29) is 6.61 Å². The van der Waals surface area contributed by atoms with Gasteiger partial charge < -0.3 is 10.0 Å². The summed E-state index contributed by atoms with van der Waals surface area (Å²) in [4.78, 5) is 10.4. The lowest BCUT2D eigenvalue weighted by Gasteiger charge is -2.20. The SMILES string of the molecule is CCN(CCCO)c1nc(C)cc(C#N)n1. The number of hydrogen-bond donors (Lipinski definition) is 1. The molecule has 16 heavy (non-hydrogen) atoms. The van der Waals surface area contributed by atoms with E-state index in [0.717, 1.165) is 12.2 Å². The minimum Gasteiger partial charge on any atom is -0.396 e. The van der Waals surface area contributed by atoms with E-state index < -0.39 is 0 Å². The fourth-order valence-corrected chi connectivity index (χ4v) is 1.41. The maximum Gasteiger partial charge on any atom is 0.226 e. The lowest BCUT2D eigenvalue weighted by molar-refractivity contribution is 0.289. The number of rotatable bonds is 5. The van der Waals surface area contributed by atoms with Crippen molar-refractivity contribution in [2.24, 2.45) is 0 Å². The molecule has 86 valence electrons. The maximum atomic E-state index is 8.82. The van der Waals surface area contributed by atoms with Gasteiger partial charge in [-0.2, -0.15) is 5.26 Å². The number of aromatic nitrogens is 2. The molecule has 1 aromatic rings. The molecule has 1 rings (SSSR count). The minimum atomic E-state index is 0.146. The number of nitriles is 1. The number of nitrogens with zero attached hydrogens (tertiary/aromatic N) is 4. The summed E-state index contributed by atoms with van der Waals surface area (Å²) in [5.74, 6) is 0.562. The van der Waals surface area contributed by atoms with E-state index in [1.165, 1.54) is 0 Å². The van der Waals surface area contributed by atoms with Gasteiger partial charge in [-0.15, -0.1) is 0 Å². The number of aryl methyl sites for hydroxylation is 1. The van der Waals surface area contributed by atoms with Crippen LogP contribution < -0.4 is 4.90 Å². The third kappa shape index (κ3) is 3.17. The van der Waals surface area contributed by atoms with Gasteiger partial charge in [-0.05, 0) is 26.3 Å². The molecule has 1 N–H and O–H groups in total.